The van der Waals surface area contributed by atoms with E-state index in [1.807, 2.05) is 6.07 Å². The first-order valence-electron chi connectivity index (χ1n) is 5.75. The number of nitrogen functional groups attached to an aromatic ring is 1. The number of benzene rings is 1. The molecular weight excluding hydrogens is 218 g/mol. The molecule has 0 aromatic heterocycles. The molecule has 5 heteroatoms. The third-order valence-electron chi connectivity index (χ3n) is 2.90. The van der Waals surface area contributed by atoms with Gasteiger partial charge in [0.05, 0.1) is 17.9 Å². The average molecular weight is 235 g/mol. The molecule has 0 unspecified atom stereocenters. The van der Waals surface area contributed by atoms with Crippen molar-refractivity contribution in [1.82, 2.24) is 4.90 Å². The Morgan fingerprint density at radius 3 is 2.76 bits per heavy atom. The molecule has 1 fully saturated rings. The highest BCUT2D eigenvalue weighted by Crippen LogP contribution is 2.29. The van der Waals surface area contributed by atoms with E-state index in [9.17, 15) is 4.79 Å². The number of carbonyl (C=O) groups excluding carboxylic acids is 1. The van der Waals surface area contributed by atoms with Crippen LogP contribution in [0.2, 0.25) is 0 Å². The van der Waals surface area contributed by atoms with E-state index in [-0.39, 0.29) is 18.6 Å². The van der Waals surface area contributed by atoms with Gasteiger partial charge in [-0.1, -0.05) is 12.1 Å². The summed E-state index contributed by atoms with van der Waals surface area (Å²) in [6.45, 7) is 0.364. The maximum atomic E-state index is 12.3. The van der Waals surface area contributed by atoms with Crippen LogP contribution in [-0.4, -0.2) is 35.1 Å². The van der Waals surface area contributed by atoms with E-state index in [0.717, 1.165) is 12.8 Å². The van der Waals surface area contributed by atoms with Crippen molar-refractivity contribution in [3.8, 4) is 0 Å². The molecule has 1 aliphatic rings. The molecule has 1 amide bonds. The van der Waals surface area contributed by atoms with Crippen LogP contribution in [0.4, 0.5) is 5.69 Å². The predicted octanol–water partition coefficient (Wildman–Crippen LogP) is 0.569. The molecule has 1 aromatic carbocycles. The van der Waals surface area contributed by atoms with Crippen LogP contribution in [0.5, 0.6) is 0 Å². The van der Waals surface area contributed by atoms with Gasteiger partial charge in [0.15, 0.2) is 0 Å². The molecule has 1 saturated carbocycles. The van der Waals surface area contributed by atoms with Crippen LogP contribution < -0.4 is 11.3 Å². The quantitative estimate of drug-likeness (QED) is 0.515. The molecule has 0 radical (unpaired) electrons. The minimum Gasteiger partial charge on any atom is -0.395 e. The first kappa shape index (κ1) is 11.9. The number of anilines is 1. The number of hydrogen-bond acceptors (Lipinski definition) is 4. The fourth-order valence-electron chi connectivity index (χ4n) is 1.89. The van der Waals surface area contributed by atoms with E-state index < -0.39 is 0 Å². The van der Waals surface area contributed by atoms with Gasteiger partial charge in [0, 0.05) is 12.6 Å². The van der Waals surface area contributed by atoms with Gasteiger partial charge in [0.25, 0.3) is 5.91 Å². The lowest BCUT2D eigenvalue weighted by Gasteiger charge is -2.22. The summed E-state index contributed by atoms with van der Waals surface area (Å²) in [6.07, 6.45) is 2.04. The van der Waals surface area contributed by atoms with Gasteiger partial charge in [-0.05, 0) is 25.0 Å². The second-order valence-electron chi connectivity index (χ2n) is 4.14. The van der Waals surface area contributed by atoms with Crippen LogP contribution >= 0.6 is 0 Å². The van der Waals surface area contributed by atoms with E-state index in [2.05, 4.69) is 5.43 Å². The number of hydrogen-bond donors (Lipinski definition) is 3. The van der Waals surface area contributed by atoms with Crippen LogP contribution in [0.25, 0.3) is 0 Å². The van der Waals surface area contributed by atoms with Crippen molar-refractivity contribution < 1.29 is 9.90 Å². The molecule has 0 heterocycles. The van der Waals surface area contributed by atoms with E-state index in [0.29, 0.717) is 17.8 Å². The third-order valence-corrected chi connectivity index (χ3v) is 2.90. The lowest BCUT2D eigenvalue weighted by atomic mass is 10.1. The Labute approximate surface area is 100 Å². The Morgan fingerprint density at radius 1 is 1.47 bits per heavy atom. The van der Waals surface area contributed by atoms with Crippen molar-refractivity contribution in [2.75, 3.05) is 18.6 Å². The minimum absolute atomic E-state index is 0.0134. The van der Waals surface area contributed by atoms with Crippen LogP contribution in [-0.2, 0) is 0 Å². The molecule has 1 aromatic rings. The van der Waals surface area contributed by atoms with Gasteiger partial charge in [-0.15, -0.1) is 0 Å². The minimum atomic E-state index is -0.0740. The molecule has 2 rings (SSSR count). The number of carbonyl (C=O) groups is 1. The highest BCUT2D eigenvalue weighted by molar-refractivity contribution is 5.99. The Bertz CT molecular complexity index is 404. The fraction of sp³-hybridized carbons (Fsp3) is 0.417. The number of hydrazine groups is 1. The van der Waals surface area contributed by atoms with Gasteiger partial charge in [-0.25, -0.2) is 0 Å². The lowest BCUT2D eigenvalue weighted by molar-refractivity contribution is 0.0708. The van der Waals surface area contributed by atoms with E-state index in [1.54, 1.807) is 23.1 Å². The first-order valence-corrected chi connectivity index (χ1v) is 5.75. The number of nitrogens with two attached hydrogens (primary N) is 1. The Morgan fingerprint density at radius 2 is 2.18 bits per heavy atom. The highest BCUT2D eigenvalue weighted by atomic mass is 16.3. The third kappa shape index (κ3) is 2.57. The SMILES string of the molecule is NNc1ccccc1C(=O)N(CCO)C1CC1. The van der Waals surface area contributed by atoms with Gasteiger partial charge < -0.3 is 15.4 Å². The van der Waals surface area contributed by atoms with Crippen LogP contribution in [0.15, 0.2) is 24.3 Å². The average Bonchev–Trinajstić information content (AvgIpc) is 3.19. The summed E-state index contributed by atoms with van der Waals surface area (Å²) >= 11 is 0. The zero-order valence-corrected chi connectivity index (χ0v) is 9.60. The van der Waals surface area contributed by atoms with Gasteiger partial charge in [-0.3, -0.25) is 10.6 Å². The van der Waals surface area contributed by atoms with Gasteiger partial charge in [0.1, 0.15) is 0 Å². The normalized spacial score (nSPS) is 14.5. The molecule has 5 nitrogen and oxygen atoms in total. The topological polar surface area (TPSA) is 78.6 Å². The van der Waals surface area contributed by atoms with Crippen molar-refractivity contribution in [2.45, 2.75) is 18.9 Å². The lowest BCUT2D eigenvalue weighted by Crippen LogP contribution is -2.36. The maximum absolute atomic E-state index is 12.3. The first-order chi connectivity index (χ1) is 8.27. The van der Waals surface area contributed by atoms with Crippen LogP contribution in [0, 0.1) is 0 Å². The van der Waals surface area contributed by atoms with Gasteiger partial charge in [-0.2, -0.15) is 0 Å². The standard InChI is InChI=1S/C12H17N3O2/c13-14-11-4-2-1-3-10(11)12(17)15(7-8-16)9-5-6-9/h1-4,9,14,16H,5-8,13H2. The zero-order chi connectivity index (χ0) is 12.3. The Hall–Kier alpha value is -1.59. The smallest absolute Gasteiger partial charge is 0.256 e. The summed E-state index contributed by atoms with van der Waals surface area (Å²) < 4.78 is 0. The summed E-state index contributed by atoms with van der Waals surface area (Å²) in [4.78, 5) is 14.0. The largest absolute Gasteiger partial charge is 0.395 e. The monoisotopic (exact) mass is 235 g/mol. The second-order valence-corrected chi connectivity index (χ2v) is 4.14. The molecule has 4 N–H and O–H groups in total. The Balaban J connectivity index is 2.21. The number of amides is 1. The number of rotatable bonds is 5. The predicted molar refractivity (Wildman–Crippen MR) is 65.4 cm³/mol. The van der Waals surface area contributed by atoms with Crippen molar-refractivity contribution in [3.63, 3.8) is 0 Å². The highest BCUT2D eigenvalue weighted by Gasteiger charge is 2.33. The summed E-state index contributed by atoms with van der Waals surface area (Å²) in [5.41, 5.74) is 3.69. The van der Waals surface area contributed by atoms with Crippen LogP contribution in [0.1, 0.15) is 23.2 Å². The van der Waals surface area contributed by atoms with E-state index in [4.69, 9.17) is 10.9 Å². The molecule has 0 saturated heterocycles. The Kier molecular flexibility index (Phi) is 3.61. The summed E-state index contributed by atoms with van der Waals surface area (Å²) in [7, 11) is 0. The molecule has 17 heavy (non-hydrogen) atoms. The molecule has 0 aliphatic heterocycles. The fourth-order valence-corrected chi connectivity index (χ4v) is 1.89. The molecule has 0 spiro atoms. The number of nitrogens with zero attached hydrogens (tertiary/aromatic N) is 1. The molecule has 92 valence electrons. The molecule has 1 aliphatic carbocycles. The summed E-state index contributed by atoms with van der Waals surface area (Å²) in [5.74, 6) is 5.31. The molecular formula is C12H17N3O2. The maximum Gasteiger partial charge on any atom is 0.256 e. The summed E-state index contributed by atoms with van der Waals surface area (Å²) in [5, 5.41) is 9.00. The van der Waals surface area contributed by atoms with Crippen molar-refractivity contribution in [3.05, 3.63) is 29.8 Å². The number of aliphatic hydroxyl groups excluding tert-OH is 1. The number of nitrogens with one attached hydrogen (secondary N) is 1. The molecule has 0 atom stereocenters. The van der Waals surface area contributed by atoms with Gasteiger partial charge in [0.2, 0.25) is 0 Å². The molecule has 0 bridgehead atoms. The number of para-hydroxylation sites is 1. The number of aliphatic hydroxyl groups is 1. The summed E-state index contributed by atoms with van der Waals surface area (Å²) in [6, 6.07) is 7.40. The second kappa shape index (κ2) is 5.16. The van der Waals surface area contributed by atoms with E-state index in [1.165, 1.54) is 0 Å². The van der Waals surface area contributed by atoms with Crippen molar-refractivity contribution in [1.29, 1.82) is 0 Å². The van der Waals surface area contributed by atoms with E-state index >= 15 is 0 Å². The van der Waals surface area contributed by atoms with Crippen LogP contribution in [0.3, 0.4) is 0 Å². The van der Waals surface area contributed by atoms with Crippen molar-refractivity contribution in [2.24, 2.45) is 5.84 Å². The van der Waals surface area contributed by atoms with Gasteiger partial charge >= 0.3 is 0 Å². The van der Waals surface area contributed by atoms with Crippen molar-refractivity contribution >= 4 is 11.6 Å². The zero-order valence-electron chi connectivity index (χ0n) is 9.60.